The summed E-state index contributed by atoms with van der Waals surface area (Å²) in [6.45, 7) is 4.56. The van der Waals surface area contributed by atoms with Crippen molar-refractivity contribution in [3.63, 3.8) is 0 Å². The van der Waals surface area contributed by atoms with E-state index < -0.39 is 0 Å². The lowest BCUT2D eigenvalue weighted by Crippen LogP contribution is -2.28. The van der Waals surface area contributed by atoms with Crippen molar-refractivity contribution in [2.75, 3.05) is 12.4 Å². The lowest BCUT2D eigenvalue weighted by molar-refractivity contribution is -0.119. The van der Waals surface area contributed by atoms with Gasteiger partial charge in [0.25, 0.3) is 0 Å². The van der Waals surface area contributed by atoms with Crippen molar-refractivity contribution in [2.45, 2.75) is 25.0 Å². The highest BCUT2D eigenvalue weighted by Crippen LogP contribution is 2.23. The molecule has 0 radical (unpaired) electrons. The zero-order valence-electron chi connectivity index (χ0n) is 14.3. The minimum atomic E-state index is -0.0168. The van der Waals surface area contributed by atoms with Gasteiger partial charge in [-0.1, -0.05) is 42.1 Å². The lowest BCUT2D eigenvalue weighted by Gasteiger charge is -2.13. The van der Waals surface area contributed by atoms with Gasteiger partial charge in [-0.25, -0.2) is 4.98 Å². The van der Waals surface area contributed by atoms with Crippen LogP contribution in [0.25, 0.3) is 11.0 Å². The molecule has 1 unspecified atom stereocenters. The Kier molecular flexibility index (Phi) is 5.60. The molecule has 130 valence electrons. The van der Waals surface area contributed by atoms with Gasteiger partial charge in [-0.3, -0.25) is 4.79 Å². The topological polar surface area (TPSA) is 67.0 Å². The molecule has 6 heteroatoms. The second-order valence-corrected chi connectivity index (χ2v) is 6.61. The summed E-state index contributed by atoms with van der Waals surface area (Å²) in [5.74, 6) is 1.11. The molecule has 0 bridgehead atoms. The van der Waals surface area contributed by atoms with E-state index in [9.17, 15) is 4.79 Å². The van der Waals surface area contributed by atoms with Crippen LogP contribution in [0.4, 0.5) is 0 Å². The molecule has 2 N–H and O–H groups in total. The van der Waals surface area contributed by atoms with Crippen LogP contribution >= 0.6 is 11.8 Å². The van der Waals surface area contributed by atoms with E-state index in [1.807, 2.05) is 62.4 Å². The molecule has 1 atom stereocenters. The Balaban J connectivity index is 1.57. The van der Waals surface area contributed by atoms with Crippen LogP contribution in [0.2, 0.25) is 0 Å². The third-order valence-corrected chi connectivity index (χ3v) is 4.63. The molecule has 25 heavy (non-hydrogen) atoms. The second-order valence-electron chi connectivity index (χ2n) is 5.64. The number of thioether (sulfide) groups is 1. The van der Waals surface area contributed by atoms with Crippen LogP contribution in [0.3, 0.4) is 0 Å². The molecule has 0 spiro atoms. The Labute approximate surface area is 151 Å². The average Bonchev–Trinajstić information content (AvgIpc) is 3.03. The Morgan fingerprint density at radius 3 is 2.84 bits per heavy atom. The van der Waals surface area contributed by atoms with E-state index in [0.717, 1.165) is 27.5 Å². The number of fused-ring (bicyclic) bond motifs is 1. The molecule has 1 amide bonds. The molecular formula is C19H21N3O2S. The fourth-order valence-corrected chi connectivity index (χ4v) is 3.23. The van der Waals surface area contributed by atoms with E-state index >= 15 is 0 Å². The number of hydrogen-bond acceptors (Lipinski definition) is 4. The average molecular weight is 355 g/mol. The zero-order chi connectivity index (χ0) is 17.6. The predicted octanol–water partition coefficient (Wildman–Crippen LogP) is 3.93. The molecule has 3 aromatic rings. The quantitative estimate of drug-likeness (QED) is 0.630. The first-order valence-corrected chi connectivity index (χ1v) is 9.24. The number of amides is 1. The Morgan fingerprint density at radius 2 is 2.08 bits per heavy atom. The molecule has 0 aliphatic heterocycles. The molecule has 0 saturated carbocycles. The van der Waals surface area contributed by atoms with Gasteiger partial charge < -0.3 is 15.0 Å². The highest BCUT2D eigenvalue weighted by Gasteiger charge is 2.11. The molecule has 0 fully saturated rings. The van der Waals surface area contributed by atoms with Gasteiger partial charge in [0, 0.05) is 6.07 Å². The van der Waals surface area contributed by atoms with Crippen LogP contribution in [0, 0.1) is 0 Å². The van der Waals surface area contributed by atoms with Gasteiger partial charge >= 0.3 is 0 Å². The third kappa shape index (κ3) is 4.54. The van der Waals surface area contributed by atoms with E-state index in [0.29, 0.717) is 12.4 Å². The number of rotatable bonds is 7. The molecule has 3 rings (SSSR count). The summed E-state index contributed by atoms with van der Waals surface area (Å²) in [5.41, 5.74) is 2.86. The van der Waals surface area contributed by atoms with Crippen molar-refractivity contribution in [3.05, 3.63) is 54.1 Å². The summed E-state index contributed by atoms with van der Waals surface area (Å²) in [5, 5.41) is 3.73. The molecule has 0 aliphatic rings. The van der Waals surface area contributed by atoms with E-state index in [4.69, 9.17) is 4.74 Å². The number of carbonyl (C=O) groups is 1. The molecule has 0 aliphatic carbocycles. The number of imidazole rings is 1. The molecule has 0 saturated heterocycles. The maximum absolute atomic E-state index is 12.2. The number of aromatic nitrogens is 2. The van der Waals surface area contributed by atoms with Crippen LogP contribution in [-0.2, 0) is 4.79 Å². The van der Waals surface area contributed by atoms with Crippen LogP contribution in [0.1, 0.15) is 25.5 Å². The summed E-state index contributed by atoms with van der Waals surface area (Å²) in [6.07, 6.45) is 0. The minimum Gasteiger partial charge on any atom is -0.494 e. The Bertz CT molecular complexity index is 848. The smallest absolute Gasteiger partial charge is 0.230 e. The van der Waals surface area contributed by atoms with Crippen LogP contribution in [0.15, 0.2) is 53.7 Å². The normalized spacial score (nSPS) is 12.1. The van der Waals surface area contributed by atoms with E-state index in [1.165, 1.54) is 11.8 Å². The minimum absolute atomic E-state index is 0.0151. The highest BCUT2D eigenvalue weighted by atomic mass is 32.2. The number of nitrogens with zero attached hydrogens (tertiary/aromatic N) is 1. The van der Waals surface area contributed by atoms with Gasteiger partial charge in [0.15, 0.2) is 5.16 Å². The fraction of sp³-hybridized carbons (Fsp3) is 0.263. The fourth-order valence-electron chi connectivity index (χ4n) is 2.53. The molecule has 5 nitrogen and oxygen atoms in total. The summed E-state index contributed by atoms with van der Waals surface area (Å²) in [4.78, 5) is 19.9. The number of nitrogens with one attached hydrogen (secondary N) is 2. The first kappa shape index (κ1) is 17.4. The number of ether oxygens (including phenoxy) is 1. The molecule has 2 aromatic carbocycles. The van der Waals surface area contributed by atoms with E-state index in [1.54, 1.807) is 0 Å². The largest absolute Gasteiger partial charge is 0.494 e. The van der Waals surface area contributed by atoms with Gasteiger partial charge in [-0.15, -0.1) is 0 Å². The SMILES string of the molecule is CCOc1ccc2nc(SCC(=O)NC(C)c3ccccc3)[nH]c2c1. The van der Waals surface area contributed by atoms with Crippen LogP contribution in [0.5, 0.6) is 5.75 Å². The van der Waals surface area contributed by atoms with Crippen molar-refractivity contribution in [3.8, 4) is 5.75 Å². The van der Waals surface area contributed by atoms with Crippen molar-refractivity contribution < 1.29 is 9.53 Å². The summed E-state index contributed by atoms with van der Waals surface area (Å²) in [6, 6.07) is 15.6. The van der Waals surface area contributed by atoms with Crippen LogP contribution in [-0.4, -0.2) is 28.2 Å². The Morgan fingerprint density at radius 1 is 1.28 bits per heavy atom. The van der Waals surface area contributed by atoms with Crippen molar-refractivity contribution in [1.29, 1.82) is 0 Å². The summed E-state index contributed by atoms with van der Waals surface area (Å²) >= 11 is 1.39. The van der Waals surface area contributed by atoms with Gasteiger partial charge in [-0.2, -0.15) is 0 Å². The molecule has 1 heterocycles. The van der Waals surface area contributed by atoms with E-state index in [2.05, 4.69) is 15.3 Å². The Hall–Kier alpha value is -2.47. The number of benzene rings is 2. The zero-order valence-corrected chi connectivity index (χ0v) is 15.1. The maximum atomic E-state index is 12.2. The summed E-state index contributed by atoms with van der Waals surface area (Å²) in [7, 11) is 0. The number of aromatic amines is 1. The molecular weight excluding hydrogens is 334 g/mol. The molecule has 1 aromatic heterocycles. The summed E-state index contributed by atoms with van der Waals surface area (Å²) < 4.78 is 5.49. The van der Waals surface area contributed by atoms with Crippen LogP contribution < -0.4 is 10.1 Å². The van der Waals surface area contributed by atoms with Gasteiger partial charge in [0.05, 0.1) is 29.4 Å². The second kappa shape index (κ2) is 8.07. The first-order valence-electron chi connectivity index (χ1n) is 8.25. The predicted molar refractivity (Wildman–Crippen MR) is 101 cm³/mol. The third-order valence-electron chi connectivity index (χ3n) is 3.76. The maximum Gasteiger partial charge on any atom is 0.230 e. The number of carbonyl (C=O) groups excluding carboxylic acids is 1. The van der Waals surface area contributed by atoms with Crippen molar-refractivity contribution in [2.24, 2.45) is 0 Å². The lowest BCUT2D eigenvalue weighted by atomic mass is 10.1. The van der Waals surface area contributed by atoms with E-state index in [-0.39, 0.29) is 11.9 Å². The monoisotopic (exact) mass is 355 g/mol. The van der Waals surface area contributed by atoms with Crippen molar-refractivity contribution in [1.82, 2.24) is 15.3 Å². The first-order chi connectivity index (χ1) is 12.2. The van der Waals surface area contributed by atoms with Gasteiger partial charge in [-0.05, 0) is 31.5 Å². The standard InChI is InChI=1S/C19H21N3O2S/c1-3-24-15-9-10-16-17(11-15)22-19(21-16)25-12-18(23)20-13(2)14-7-5-4-6-8-14/h4-11,13H,3,12H2,1-2H3,(H,20,23)(H,21,22). The highest BCUT2D eigenvalue weighted by molar-refractivity contribution is 7.99. The number of H-pyrrole nitrogens is 1. The van der Waals surface area contributed by atoms with Gasteiger partial charge in [0.2, 0.25) is 5.91 Å². The van der Waals surface area contributed by atoms with Crippen molar-refractivity contribution >= 4 is 28.7 Å². The number of hydrogen-bond donors (Lipinski definition) is 2. The van der Waals surface area contributed by atoms with Gasteiger partial charge in [0.1, 0.15) is 5.75 Å².